The van der Waals surface area contributed by atoms with Gasteiger partial charge in [0, 0.05) is 17.7 Å². The van der Waals surface area contributed by atoms with Crippen molar-refractivity contribution >= 4 is 23.3 Å². The van der Waals surface area contributed by atoms with E-state index >= 15 is 0 Å². The number of hydrogen-bond donors (Lipinski definition) is 2. The van der Waals surface area contributed by atoms with Crippen molar-refractivity contribution in [3.05, 3.63) is 28.7 Å². The van der Waals surface area contributed by atoms with Gasteiger partial charge in [-0.25, -0.2) is 9.78 Å². The largest absolute Gasteiger partial charge is 0.480 e. The van der Waals surface area contributed by atoms with Crippen molar-refractivity contribution in [1.82, 2.24) is 4.98 Å². The predicted octanol–water partition coefficient (Wildman–Crippen LogP) is 0.952. The van der Waals surface area contributed by atoms with Gasteiger partial charge < -0.3 is 10.2 Å². The average molecular weight is 213 g/mol. The summed E-state index contributed by atoms with van der Waals surface area (Å²) in [6, 6.07) is 0. The van der Waals surface area contributed by atoms with Crippen LogP contribution < -0.4 is 0 Å². The first kappa shape index (κ1) is 10.4. The van der Waals surface area contributed by atoms with Gasteiger partial charge in [0.25, 0.3) is 0 Å². The topological polar surface area (TPSA) is 87.5 Å². The van der Waals surface area contributed by atoms with E-state index in [-0.39, 0.29) is 0 Å². The van der Waals surface area contributed by atoms with Crippen LogP contribution in [0.1, 0.15) is 10.9 Å². The second-order valence-corrected chi connectivity index (χ2v) is 3.31. The zero-order valence-corrected chi connectivity index (χ0v) is 7.77. The third-order valence-electron chi connectivity index (χ3n) is 1.41. The van der Waals surface area contributed by atoms with Crippen LogP contribution in [-0.2, 0) is 9.59 Å². The predicted molar refractivity (Wildman–Crippen MR) is 49.3 cm³/mol. The lowest BCUT2D eigenvalue weighted by Crippen LogP contribution is -2.09. The van der Waals surface area contributed by atoms with Crippen LogP contribution in [0.3, 0.4) is 0 Å². The summed E-state index contributed by atoms with van der Waals surface area (Å²) in [5.41, 5.74) is 0. The van der Waals surface area contributed by atoms with Crippen LogP contribution >= 0.6 is 11.3 Å². The molecule has 1 atom stereocenters. The highest BCUT2D eigenvalue weighted by Gasteiger charge is 2.19. The molecule has 0 saturated heterocycles. The van der Waals surface area contributed by atoms with E-state index in [1.165, 1.54) is 17.5 Å². The van der Waals surface area contributed by atoms with Gasteiger partial charge in [-0.2, -0.15) is 0 Å². The summed E-state index contributed by atoms with van der Waals surface area (Å²) in [5, 5.41) is 19.1. The molecule has 5 nitrogen and oxygen atoms in total. The van der Waals surface area contributed by atoms with Gasteiger partial charge >= 0.3 is 11.9 Å². The van der Waals surface area contributed by atoms with E-state index in [1.54, 1.807) is 5.38 Å². The molecule has 1 heterocycles. The van der Waals surface area contributed by atoms with E-state index in [1.807, 2.05) is 0 Å². The number of hydrogen-bond acceptors (Lipinski definition) is 4. The molecule has 14 heavy (non-hydrogen) atoms. The number of thiazole rings is 1. The van der Waals surface area contributed by atoms with Crippen LogP contribution in [-0.4, -0.2) is 27.1 Å². The number of carboxylic acids is 2. The Hall–Kier alpha value is -1.69. The Morgan fingerprint density at radius 3 is 2.64 bits per heavy atom. The van der Waals surface area contributed by atoms with Crippen LogP contribution in [0.15, 0.2) is 23.7 Å². The van der Waals surface area contributed by atoms with Crippen molar-refractivity contribution in [1.29, 1.82) is 0 Å². The molecule has 0 radical (unpaired) electrons. The van der Waals surface area contributed by atoms with Gasteiger partial charge in [0.2, 0.25) is 0 Å². The molecule has 0 aliphatic heterocycles. The number of aliphatic carboxylic acids is 2. The van der Waals surface area contributed by atoms with Crippen LogP contribution in [0.2, 0.25) is 0 Å². The second kappa shape index (κ2) is 4.52. The summed E-state index contributed by atoms with van der Waals surface area (Å²) in [5.74, 6) is -3.27. The summed E-state index contributed by atoms with van der Waals surface area (Å²) >= 11 is 1.17. The minimum Gasteiger partial charge on any atom is -0.480 e. The van der Waals surface area contributed by atoms with E-state index in [0.717, 1.165) is 12.2 Å². The third kappa shape index (κ3) is 2.67. The van der Waals surface area contributed by atoms with Gasteiger partial charge in [0.05, 0.1) is 0 Å². The van der Waals surface area contributed by atoms with Crippen LogP contribution in [0.5, 0.6) is 0 Å². The molecular formula is C8H7NO4S. The zero-order chi connectivity index (χ0) is 10.6. The van der Waals surface area contributed by atoms with E-state index in [4.69, 9.17) is 10.2 Å². The Morgan fingerprint density at radius 1 is 1.50 bits per heavy atom. The molecule has 0 aromatic carbocycles. The van der Waals surface area contributed by atoms with Gasteiger partial charge in [0.1, 0.15) is 10.9 Å². The minimum atomic E-state index is -1.17. The molecule has 1 rings (SSSR count). The summed E-state index contributed by atoms with van der Waals surface area (Å²) in [7, 11) is 0. The van der Waals surface area contributed by atoms with Crippen molar-refractivity contribution in [2.24, 2.45) is 0 Å². The smallest absolute Gasteiger partial charge is 0.328 e. The highest BCUT2D eigenvalue weighted by Crippen LogP contribution is 2.19. The van der Waals surface area contributed by atoms with Gasteiger partial charge in [-0.3, -0.25) is 4.79 Å². The Balaban J connectivity index is 2.86. The van der Waals surface area contributed by atoms with Crippen LogP contribution in [0, 0.1) is 0 Å². The lowest BCUT2D eigenvalue weighted by atomic mass is 10.1. The van der Waals surface area contributed by atoms with Crippen molar-refractivity contribution in [2.75, 3.05) is 0 Å². The fraction of sp³-hybridized carbons (Fsp3) is 0.125. The highest BCUT2D eigenvalue weighted by molar-refractivity contribution is 7.09. The van der Waals surface area contributed by atoms with E-state index < -0.39 is 17.9 Å². The number of nitrogens with zero attached hydrogens (tertiary/aromatic N) is 1. The Bertz CT molecular complexity index is 357. The highest BCUT2D eigenvalue weighted by atomic mass is 32.1. The molecule has 0 fully saturated rings. The van der Waals surface area contributed by atoms with Crippen LogP contribution in [0.4, 0.5) is 0 Å². The average Bonchev–Trinajstić information content (AvgIpc) is 2.56. The first-order chi connectivity index (χ1) is 6.61. The fourth-order valence-corrected chi connectivity index (χ4v) is 1.55. The molecule has 0 saturated carbocycles. The number of rotatable bonds is 4. The lowest BCUT2D eigenvalue weighted by molar-refractivity contribution is -0.137. The minimum absolute atomic E-state index is 0.370. The summed E-state index contributed by atoms with van der Waals surface area (Å²) in [4.78, 5) is 24.7. The molecule has 1 aromatic rings. The molecule has 1 aromatic heterocycles. The maximum atomic E-state index is 10.7. The van der Waals surface area contributed by atoms with E-state index in [2.05, 4.69) is 4.98 Å². The Morgan fingerprint density at radius 2 is 2.21 bits per heavy atom. The van der Waals surface area contributed by atoms with Gasteiger partial charge in [-0.1, -0.05) is 6.08 Å². The van der Waals surface area contributed by atoms with E-state index in [0.29, 0.717) is 5.01 Å². The fourth-order valence-electron chi connectivity index (χ4n) is 0.837. The normalized spacial score (nSPS) is 12.9. The summed E-state index contributed by atoms with van der Waals surface area (Å²) < 4.78 is 0. The van der Waals surface area contributed by atoms with Crippen molar-refractivity contribution in [2.45, 2.75) is 5.92 Å². The van der Waals surface area contributed by atoms with Crippen molar-refractivity contribution in [3.63, 3.8) is 0 Å². The summed E-state index contributed by atoms with van der Waals surface area (Å²) in [6.07, 6.45) is 3.38. The number of carboxylic acid groups (broad SMARTS) is 2. The molecular weight excluding hydrogens is 206 g/mol. The van der Waals surface area contributed by atoms with Crippen molar-refractivity contribution < 1.29 is 19.8 Å². The first-order valence-electron chi connectivity index (χ1n) is 3.64. The summed E-state index contributed by atoms with van der Waals surface area (Å²) in [6.45, 7) is 0. The quantitative estimate of drug-likeness (QED) is 0.727. The van der Waals surface area contributed by atoms with Gasteiger partial charge in [0.15, 0.2) is 0 Å². The van der Waals surface area contributed by atoms with E-state index in [9.17, 15) is 9.59 Å². The molecule has 6 heteroatoms. The molecule has 0 bridgehead atoms. The molecule has 1 unspecified atom stereocenters. The molecule has 74 valence electrons. The van der Waals surface area contributed by atoms with Gasteiger partial charge in [-0.05, 0) is 0 Å². The molecule has 0 spiro atoms. The van der Waals surface area contributed by atoms with Crippen molar-refractivity contribution in [3.8, 4) is 0 Å². The Kier molecular flexibility index (Phi) is 3.35. The second-order valence-electron chi connectivity index (χ2n) is 2.38. The molecule has 2 N–H and O–H groups in total. The number of carbonyl (C=O) groups is 2. The first-order valence-corrected chi connectivity index (χ1v) is 4.52. The monoisotopic (exact) mass is 213 g/mol. The van der Waals surface area contributed by atoms with Gasteiger partial charge in [-0.15, -0.1) is 11.3 Å². The third-order valence-corrected chi connectivity index (χ3v) is 2.27. The van der Waals surface area contributed by atoms with Crippen LogP contribution in [0.25, 0.3) is 0 Å². The number of aromatic nitrogens is 1. The Labute approximate surface area is 83.3 Å². The maximum Gasteiger partial charge on any atom is 0.328 e. The SMILES string of the molecule is O=C(O)C=CC(C(=O)O)c1nccs1. The molecule has 0 aliphatic rings. The molecule has 0 aliphatic carbocycles. The zero-order valence-electron chi connectivity index (χ0n) is 6.95. The standard InChI is InChI=1S/C8H7NO4S/c10-6(11)2-1-5(8(12)13)7-9-3-4-14-7/h1-5H,(H,10,11)(H,12,13). The molecule has 0 amide bonds. The lowest BCUT2D eigenvalue weighted by Gasteiger charge is -2.01. The maximum absolute atomic E-state index is 10.7.